The molecule has 7 unspecified atom stereocenters. The van der Waals surface area contributed by atoms with E-state index in [1.54, 1.807) is 6.92 Å². The molecular formula is C32H52O2. The molecule has 0 radical (unpaired) electrons. The Bertz CT molecular complexity index is 810. The number of allylic oxidation sites excluding steroid dienone is 3. The second-order valence-electron chi connectivity index (χ2n) is 13.4. The van der Waals surface area contributed by atoms with Crippen molar-refractivity contribution in [2.24, 2.45) is 52.3 Å². The van der Waals surface area contributed by atoms with Crippen molar-refractivity contribution in [1.82, 2.24) is 0 Å². The Morgan fingerprint density at radius 2 is 1.76 bits per heavy atom. The standard InChI is InChI=1S/C32H52O2/c1-9-24(20(2)3)11-10-21(4)26-14-15-28-25-12-13-27-22(5)30(34-23(6)33)17-19-32(27,8)29(25)16-18-31(26,28)7/h12,21-22,24,26-30H,2,9-11,13-19H2,1,3-8H3/t21?,22-,24+,26?,27-,28?,29?,30?,31?,32?/m0/s1. The highest BCUT2D eigenvalue weighted by molar-refractivity contribution is 5.66. The summed E-state index contributed by atoms with van der Waals surface area (Å²) in [5.74, 6) is 4.91. The van der Waals surface area contributed by atoms with E-state index in [1.165, 1.54) is 63.4 Å². The van der Waals surface area contributed by atoms with Crippen LogP contribution in [0.5, 0.6) is 0 Å². The molecule has 10 atom stereocenters. The average molecular weight is 469 g/mol. The molecule has 4 aliphatic carbocycles. The maximum absolute atomic E-state index is 11.7. The van der Waals surface area contributed by atoms with Crippen LogP contribution in [0.15, 0.2) is 23.8 Å². The summed E-state index contributed by atoms with van der Waals surface area (Å²) in [4.78, 5) is 11.7. The Morgan fingerprint density at radius 3 is 2.41 bits per heavy atom. The smallest absolute Gasteiger partial charge is 0.302 e. The predicted molar refractivity (Wildman–Crippen MR) is 142 cm³/mol. The number of hydrogen-bond acceptors (Lipinski definition) is 2. The third kappa shape index (κ3) is 4.34. The fourth-order valence-corrected chi connectivity index (χ4v) is 9.75. The molecule has 2 heteroatoms. The maximum atomic E-state index is 11.7. The molecule has 0 aromatic carbocycles. The summed E-state index contributed by atoms with van der Waals surface area (Å²) in [5, 5.41) is 0. The third-order valence-corrected chi connectivity index (χ3v) is 11.8. The van der Waals surface area contributed by atoms with Crippen molar-refractivity contribution in [2.45, 2.75) is 119 Å². The van der Waals surface area contributed by atoms with Gasteiger partial charge in [-0.15, -0.1) is 0 Å². The second-order valence-corrected chi connectivity index (χ2v) is 13.4. The summed E-state index contributed by atoms with van der Waals surface area (Å²) >= 11 is 0. The first-order chi connectivity index (χ1) is 16.0. The summed E-state index contributed by atoms with van der Waals surface area (Å²) in [6.07, 6.45) is 15.7. The number of carbonyl (C=O) groups excluding carboxylic acids is 1. The van der Waals surface area contributed by atoms with E-state index >= 15 is 0 Å². The van der Waals surface area contributed by atoms with Gasteiger partial charge in [0.05, 0.1) is 0 Å². The first-order valence-electron chi connectivity index (χ1n) is 14.6. The van der Waals surface area contributed by atoms with Crippen LogP contribution in [0.4, 0.5) is 0 Å². The van der Waals surface area contributed by atoms with Gasteiger partial charge in [-0.25, -0.2) is 0 Å². The van der Waals surface area contributed by atoms with Crippen LogP contribution in [0.25, 0.3) is 0 Å². The van der Waals surface area contributed by atoms with Crippen LogP contribution in [-0.4, -0.2) is 12.1 Å². The van der Waals surface area contributed by atoms with Crippen LogP contribution >= 0.6 is 0 Å². The third-order valence-electron chi connectivity index (χ3n) is 11.8. The predicted octanol–water partition coefficient (Wildman–Crippen LogP) is 8.76. The fraction of sp³-hybridized carbons (Fsp3) is 0.844. The van der Waals surface area contributed by atoms with Crippen molar-refractivity contribution < 1.29 is 9.53 Å². The highest BCUT2D eigenvalue weighted by atomic mass is 16.5. The zero-order valence-corrected chi connectivity index (χ0v) is 23.3. The van der Waals surface area contributed by atoms with Crippen LogP contribution in [0, 0.1) is 52.3 Å². The number of rotatable bonds is 7. The zero-order chi connectivity index (χ0) is 24.8. The summed E-state index contributed by atoms with van der Waals surface area (Å²) in [6, 6.07) is 0. The Labute approximate surface area is 210 Å². The van der Waals surface area contributed by atoms with Crippen LogP contribution in [0.3, 0.4) is 0 Å². The zero-order valence-electron chi connectivity index (χ0n) is 23.3. The van der Waals surface area contributed by atoms with Gasteiger partial charge in [0.15, 0.2) is 0 Å². The fourth-order valence-electron chi connectivity index (χ4n) is 9.75. The van der Waals surface area contributed by atoms with Crippen molar-refractivity contribution in [3.63, 3.8) is 0 Å². The van der Waals surface area contributed by atoms with Gasteiger partial charge in [-0.05, 0) is 123 Å². The summed E-state index contributed by atoms with van der Waals surface area (Å²) in [7, 11) is 0. The van der Waals surface area contributed by atoms with Gasteiger partial charge in [-0.2, -0.15) is 0 Å². The molecule has 0 amide bonds. The first kappa shape index (κ1) is 26.0. The minimum atomic E-state index is -0.111. The van der Waals surface area contributed by atoms with E-state index in [9.17, 15) is 4.79 Å². The van der Waals surface area contributed by atoms with E-state index in [1.807, 2.05) is 5.57 Å². The van der Waals surface area contributed by atoms with Crippen LogP contribution < -0.4 is 0 Å². The van der Waals surface area contributed by atoms with Gasteiger partial charge in [-0.1, -0.05) is 58.4 Å². The monoisotopic (exact) mass is 468 g/mol. The topological polar surface area (TPSA) is 26.3 Å². The highest BCUT2D eigenvalue weighted by Crippen LogP contribution is 2.67. The molecule has 3 fully saturated rings. The van der Waals surface area contributed by atoms with Gasteiger partial charge in [0, 0.05) is 6.92 Å². The molecule has 3 saturated carbocycles. The quantitative estimate of drug-likeness (QED) is 0.276. The highest BCUT2D eigenvalue weighted by Gasteiger charge is 2.59. The molecule has 4 aliphatic rings. The molecule has 0 aromatic heterocycles. The number of fused-ring (bicyclic) bond motifs is 5. The Hall–Kier alpha value is -1.05. The largest absolute Gasteiger partial charge is 0.462 e. The molecule has 2 nitrogen and oxygen atoms in total. The van der Waals surface area contributed by atoms with Crippen molar-refractivity contribution in [3.05, 3.63) is 23.8 Å². The lowest BCUT2D eigenvalue weighted by atomic mass is 9.46. The van der Waals surface area contributed by atoms with Gasteiger partial charge in [-0.3, -0.25) is 4.79 Å². The van der Waals surface area contributed by atoms with Gasteiger partial charge >= 0.3 is 5.97 Å². The number of esters is 1. The van der Waals surface area contributed by atoms with E-state index < -0.39 is 0 Å². The molecular weight excluding hydrogens is 416 g/mol. The van der Waals surface area contributed by atoms with Gasteiger partial charge in [0.1, 0.15) is 6.10 Å². The molecule has 0 aliphatic heterocycles. The minimum absolute atomic E-state index is 0.111. The lowest BCUT2D eigenvalue weighted by Gasteiger charge is -2.59. The molecule has 0 spiro atoms. The van der Waals surface area contributed by atoms with Crippen LogP contribution in [-0.2, 0) is 9.53 Å². The Balaban J connectivity index is 1.50. The van der Waals surface area contributed by atoms with E-state index in [-0.39, 0.29) is 12.1 Å². The van der Waals surface area contributed by atoms with Crippen molar-refractivity contribution >= 4 is 5.97 Å². The van der Waals surface area contributed by atoms with Gasteiger partial charge in [0.25, 0.3) is 0 Å². The molecule has 0 heterocycles. The maximum Gasteiger partial charge on any atom is 0.302 e. The Morgan fingerprint density at radius 1 is 1.09 bits per heavy atom. The molecule has 4 rings (SSSR count). The van der Waals surface area contributed by atoms with E-state index in [0.29, 0.717) is 28.6 Å². The molecule has 0 N–H and O–H groups in total. The minimum Gasteiger partial charge on any atom is -0.462 e. The summed E-state index contributed by atoms with van der Waals surface area (Å²) in [5.41, 5.74) is 4.07. The van der Waals surface area contributed by atoms with E-state index in [4.69, 9.17) is 4.74 Å². The van der Waals surface area contributed by atoms with Crippen molar-refractivity contribution in [3.8, 4) is 0 Å². The second kappa shape index (κ2) is 9.78. The number of hydrogen-bond donors (Lipinski definition) is 0. The lowest BCUT2D eigenvalue weighted by molar-refractivity contribution is -0.158. The summed E-state index contributed by atoms with van der Waals surface area (Å²) < 4.78 is 5.76. The molecule has 0 bridgehead atoms. The van der Waals surface area contributed by atoms with Crippen LogP contribution in [0.1, 0.15) is 113 Å². The Kier molecular flexibility index (Phi) is 7.48. The van der Waals surface area contributed by atoms with Crippen molar-refractivity contribution in [1.29, 1.82) is 0 Å². The van der Waals surface area contributed by atoms with Crippen LogP contribution in [0.2, 0.25) is 0 Å². The number of ether oxygens (including phenoxy) is 1. The average Bonchev–Trinajstić information content (AvgIpc) is 3.13. The number of carbonyl (C=O) groups is 1. The normalized spacial score (nSPS) is 43.1. The van der Waals surface area contributed by atoms with Crippen molar-refractivity contribution in [2.75, 3.05) is 0 Å². The van der Waals surface area contributed by atoms with E-state index in [0.717, 1.165) is 30.1 Å². The first-order valence-corrected chi connectivity index (χ1v) is 14.6. The SMILES string of the molecule is C=C(C)[C@H](CC)CCC(C)C1CCC2C3=CC[C@H]4[C@H](C)C(OC(C)=O)CCC4(C)C3CCC21C. The summed E-state index contributed by atoms with van der Waals surface area (Å²) in [6.45, 7) is 20.5. The molecule has 34 heavy (non-hydrogen) atoms. The van der Waals surface area contributed by atoms with Gasteiger partial charge < -0.3 is 4.74 Å². The van der Waals surface area contributed by atoms with E-state index in [2.05, 4.69) is 54.2 Å². The van der Waals surface area contributed by atoms with Gasteiger partial charge in [0.2, 0.25) is 0 Å². The molecule has 0 aromatic rings. The molecule has 0 saturated heterocycles. The molecule has 192 valence electrons. The lowest BCUT2D eigenvalue weighted by Crippen LogP contribution is -2.53.